The maximum atomic E-state index is 12.2. The van der Waals surface area contributed by atoms with E-state index in [-0.39, 0.29) is 18.5 Å². The Labute approximate surface area is 218 Å². The van der Waals surface area contributed by atoms with Crippen LogP contribution in [-0.2, 0) is 11.2 Å². The van der Waals surface area contributed by atoms with E-state index in [0.29, 0.717) is 27.4 Å². The zero-order valence-corrected chi connectivity index (χ0v) is 22.2. The van der Waals surface area contributed by atoms with E-state index in [2.05, 4.69) is 17.1 Å². The van der Waals surface area contributed by atoms with Crippen LogP contribution in [0.4, 0.5) is 11.4 Å². The second kappa shape index (κ2) is 14.7. The Balaban J connectivity index is 0.000000367. The largest absolute Gasteiger partial charge is 0.426 e. The molecule has 0 radical (unpaired) electrons. The van der Waals surface area contributed by atoms with Crippen molar-refractivity contribution in [2.75, 3.05) is 26.0 Å². The zero-order valence-electron chi connectivity index (χ0n) is 20.7. The van der Waals surface area contributed by atoms with E-state index < -0.39 is 0 Å². The van der Waals surface area contributed by atoms with Gasteiger partial charge in [0.1, 0.15) is 5.75 Å². The number of nitrogens with one attached hydrogen (secondary N) is 1. The molecule has 0 aliphatic heterocycles. The fraction of sp³-hybridized carbons (Fsp3) is 0.321. The molecule has 35 heavy (non-hydrogen) atoms. The summed E-state index contributed by atoms with van der Waals surface area (Å²) in [5.74, 6) is 0.567. The molecular formula is C28H34Cl2N2O3. The summed E-state index contributed by atoms with van der Waals surface area (Å²) >= 11 is 12.4. The number of hydrogen-bond donors (Lipinski definition) is 2. The minimum atomic E-state index is -0.342. The van der Waals surface area contributed by atoms with Gasteiger partial charge in [-0.05, 0) is 62.3 Å². The molecule has 0 unspecified atom stereocenters. The van der Waals surface area contributed by atoms with Crippen LogP contribution in [0.1, 0.15) is 25.8 Å². The molecule has 0 bridgehead atoms. The molecule has 0 aromatic heterocycles. The Bertz CT molecular complexity index is 1040. The number of esters is 1. The highest BCUT2D eigenvalue weighted by Crippen LogP contribution is 2.33. The van der Waals surface area contributed by atoms with Gasteiger partial charge in [0.25, 0.3) is 0 Å². The summed E-state index contributed by atoms with van der Waals surface area (Å²) in [5.41, 5.74) is 2.15. The van der Waals surface area contributed by atoms with Crippen LogP contribution >= 0.6 is 23.2 Å². The van der Waals surface area contributed by atoms with Gasteiger partial charge in [-0.2, -0.15) is 0 Å². The van der Waals surface area contributed by atoms with Gasteiger partial charge in [0.05, 0.1) is 28.3 Å². The Morgan fingerprint density at radius 2 is 1.57 bits per heavy atom. The van der Waals surface area contributed by atoms with Crippen molar-refractivity contribution in [1.29, 1.82) is 0 Å². The van der Waals surface area contributed by atoms with Gasteiger partial charge in [-0.25, -0.2) is 0 Å². The van der Waals surface area contributed by atoms with Crippen LogP contribution < -0.4 is 10.1 Å². The molecule has 0 aliphatic rings. The molecular weight excluding hydrogens is 483 g/mol. The number of para-hydroxylation sites is 3. The van der Waals surface area contributed by atoms with Gasteiger partial charge in [0.15, 0.2) is 0 Å². The quantitative estimate of drug-likeness (QED) is 0.240. The van der Waals surface area contributed by atoms with E-state index in [1.807, 2.05) is 63.5 Å². The first-order valence-electron chi connectivity index (χ1n) is 11.6. The lowest BCUT2D eigenvalue weighted by atomic mass is 10.0. The van der Waals surface area contributed by atoms with E-state index in [4.69, 9.17) is 27.9 Å². The monoisotopic (exact) mass is 516 g/mol. The molecule has 7 heteroatoms. The van der Waals surface area contributed by atoms with Gasteiger partial charge in [0, 0.05) is 12.2 Å². The first kappa shape index (κ1) is 28.7. The number of anilines is 2. The molecule has 0 saturated heterocycles. The predicted molar refractivity (Wildman–Crippen MR) is 146 cm³/mol. The summed E-state index contributed by atoms with van der Waals surface area (Å²) in [7, 11) is 4.05. The normalized spacial score (nSPS) is 12.3. The second-order valence-corrected chi connectivity index (χ2v) is 9.37. The van der Waals surface area contributed by atoms with E-state index >= 15 is 0 Å². The van der Waals surface area contributed by atoms with Crippen LogP contribution in [0.2, 0.25) is 10.0 Å². The summed E-state index contributed by atoms with van der Waals surface area (Å²) in [6.07, 6.45) is 0.845. The lowest BCUT2D eigenvalue weighted by molar-refractivity contribution is -0.133. The topological polar surface area (TPSA) is 61.8 Å². The molecule has 2 N–H and O–H groups in total. The summed E-state index contributed by atoms with van der Waals surface area (Å²) < 4.78 is 5.35. The van der Waals surface area contributed by atoms with Crippen molar-refractivity contribution in [1.82, 2.24) is 4.90 Å². The summed E-state index contributed by atoms with van der Waals surface area (Å²) in [6.45, 7) is 5.06. The number of rotatable bonds is 9. The van der Waals surface area contributed by atoms with Crippen LogP contribution in [0.25, 0.3) is 0 Å². The van der Waals surface area contributed by atoms with E-state index in [9.17, 15) is 9.90 Å². The Morgan fingerprint density at radius 1 is 0.971 bits per heavy atom. The first-order chi connectivity index (χ1) is 16.7. The molecule has 3 rings (SSSR count). The molecule has 0 saturated carbocycles. The molecule has 3 aromatic rings. The fourth-order valence-corrected chi connectivity index (χ4v) is 3.95. The Kier molecular flexibility index (Phi) is 12.1. The number of hydrogen-bond acceptors (Lipinski definition) is 5. The van der Waals surface area contributed by atoms with Crippen LogP contribution in [-0.4, -0.2) is 42.7 Å². The van der Waals surface area contributed by atoms with Crippen molar-refractivity contribution >= 4 is 40.5 Å². The van der Waals surface area contributed by atoms with E-state index in [1.54, 1.807) is 30.3 Å². The van der Waals surface area contributed by atoms with Crippen molar-refractivity contribution in [2.24, 2.45) is 5.92 Å². The number of benzene rings is 3. The van der Waals surface area contributed by atoms with Gasteiger partial charge in [0.2, 0.25) is 0 Å². The third-order valence-electron chi connectivity index (χ3n) is 5.28. The van der Waals surface area contributed by atoms with E-state index in [1.165, 1.54) is 0 Å². The van der Waals surface area contributed by atoms with Gasteiger partial charge in [-0.15, -0.1) is 0 Å². The predicted octanol–water partition coefficient (Wildman–Crippen LogP) is 6.84. The summed E-state index contributed by atoms with van der Waals surface area (Å²) in [5, 5.41) is 13.6. The highest BCUT2D eigenvalue weighted by Gasteiger charge is 2.13. The van der Waals surface area contributed by atoms with Crippen LogP contribution in [0.3, 0.4) is 0 Å². The average molecular weight is 517 g/mol. The highest BCUT2D eigenvalue weighted by molar-refractivity contribution is 6.39. The van der Waals surface area contributed by atoms with Crippen molar-refractivity contribution in [3.05, 3.63) is 88.4 Å². The molecule has 2 atom stereocenters. The van der Waals surface area contributed by atoms with Crippen molar-refractivity contribution in [3.8, 4) is 5.75 Å². The minimum absolute atomic E-state index is 0.125. The number of halogens is 2. The lowest BCUT2D eigenvalue weighted by Crippen LogP contribution is -2.28. The standard InChI is InChI=1S/C20H15Cl2NO2.C8H19NO/c21-16-10-6-11-17(22)20(16)23-18-12-5-4-7-14(18)13-19(24)25-15-8-2-1-3-9-15;1-5-8(10)7(2)6-9(3)4/h1-12,23H,13H2;7-8,10H,5-6H2,1-4H3/t;7-,8-/m.1/s1. The molecule has 5 nitrogen and oxygen atoms in total. The fourth-order valence-electron chi connectivity index (χ4n) is 3.46. The summed E-state index contributed by atoms with van der Waals surface area (Å²) in [4.78, 5) is 14.3. The Morgan fingerprint density at radius 3 is 2.17 bits per heavy atom. The number of aliphatic hydroxyl groups excluding tert-OH is 1. The maximum Gasteiger partial charge on any atom is 0.315 e. The first-order valence-corrected chi connectivity index (χ1v) is 12.3. The van der Waals surface area contributed by atoms with Gasteiger partial charge < -0.3 is 20.1 Å². The Hall–Kier alpha value is -2.57. The number of aliphatic hydroxyl groups is 1. The lowest BCUT2D eigenvalue weighted by Gasteiger charge is -2.20. The number of ether oxygens (including phenoxy) is 1. The van der Waals surface area contributed by atoms with Gasteiger partial charge in [-0.3, -0.25) is 4.79 Å². The summed E-state index contributed by atoms with van der Waals surface area (Å²) in [6, 6.07) is 21.7. The van der Waals surface area contributed by atoms with Crippen molar-refractivity contribution in [2.45, 2.75) is 32.8 Å². The molecule has 188 valence electrons. The zero-order chi connectivity index (χ0) is 25.8. The highest BCUT2D eigenvalue weighted by atomic mass is 35.5. The minimum Gasteiger partial charge on any atom is -0.426 e. The molecule has 3 aromatic carbocycles. The molecule has 0 aliphatic carbocycles. The number of carbonyl (C=O) groups excluding carboxylic acids is 1. The van der Waals surface area contributed by atoms with Crippen molar-refractivity contribution < 1.29 is 14.6 Å². The molecule has 0 spiro atoms. The number of carbonyl (C=O) groups is 1. The third kappa shape index (κ3) is 9.90. The van der Waals surface area contributed by atoms with Crippen LogP contribution in [0.15, 0.2) is 72.8 Å². The van der Waals surface area contributed by atoms with Crippen LogP contribution in [0, 0.1) is 5.92 Å². The molecule has 0 amide bonds. The van der Waals surface area contributed by atoms with Gasteiger partial charge >= 0.3 is 5.97 Å². The second-order valence-electron chi connectivity index (χ2n) is 8.56. The maximum absolute atomic E-state index is 12.2. The molecule has 0 fully saturated rings. The van der Waals surface area contributed by atoms with Crippen molar-refractivity contribution in [3.63, 3.8) is 0 Å². The number of nitrogens with zero attached hydrogens (tertiary/aromatic N) is 1. The SMILES string of the molecule is CC[C@@H](O)[C@H](C)CN(C)C.O=C(Cc1ccccc1Nc1c(Cl)cccc1Cl)Oc1ccccc1. The van der Waals surface area contributed by atoms with Crippen LogP contribution in [0.5, 0.6) is 5.75 Å². The van der Waals surface area contributed by atoms with E-state index in [0.717, 1.165) is 24.2 Å². The average Bonchev–Trinajstić information content (AvgIpc) is 2.82. The smallest absolute Gasteiger partial charge is 0.315 e. The third-order valence-corrected chi connectivity index (χ3v) is 5.91. The molecule has 0 heterocycles. The van der Waals surface area contributed by atoms with Gasteiger partial charge in [-0.1, -0.05) is 79.5 Å².